The molecule has 1 heterocycles. The Morgan fingerprint density at radius 1 is 1.13 bits per heavy atom. The molecule has 0 saturated heterocycles. The van der Waals surface area contributed by atoms with Crippen molar-refractivity contribution in [2.75, 3.05) is 0 Å². The van der Waals surface area contributed by atoms with Gasteiger partial charge in [-0.15, -0.1) is 11.3 Å². The van der Waals surface area contributed by atoms with Crippen LogP contribution in [0.15, 0.2) is 29.6 Å². The third kappa shape index (κ3) is 1.96. The second-order valence-electron chi connectivity index (χ2n) is 3.79. The molecule has 1 aromatic heterocycles. The van der Waals surface area contributed by atoms with Gasteiger partial charge in [0.05, 0.1) is 0 Å². The van der Waals surface area contributed by atoms with E-state index >= 15 is 0 Å². The molecule has 78 valence electrons. The van der Waals surface area contributed by atoms with E-state index in [-0.39, 0.29) is 0 Å². The van der Waals surface area contributed by atoms with Crippen molar-refractivity contribution in [3.05, 3.63) is 46.3 Å². The summed E-state index contributed by atoms with van der Waals surface area (Å²) in [7, 11) is 0. The van der Waals surface area contributed by atoms with Crippen LogP contribution in [0.1, 0.15) is 16.7 Å². The summed E-state index contributed by atoms with van der Waals surface area (Å²) in [6.45, 7) is 4.92. The molecule has 1 nitrogen and oxygen atoms in total. The summed E-state index contributed by atoms with van der Waals surface area (Å²) in [6.07, 6.45) is 0. The monoisotopic (exact) mass is 217 g/mol. The predicted molar refractivity (Wildman–Crippen MR) is 67.1 cm³/mol. The maximum Gasteiger partial charge on any atom is 0.0374 e. The van der Waals surface area contributed by atoms with Gasteiger partial charge in [0.15, 0.2) is 0 Å². The van der Waals surface area contributed by atoms with Gasteiger partial charge in [0.1, 0.15) is 0 Å². The average molecular weight is 217 g/mol. The van der Waals surface area contributed by atoms with E-state index in [9.17, 15) is 0 Å². The molecular formula is C13H15NS. The first-order chi connectivity index (χ1) is 7.22. The summed E-state index contributed by atoms with van der Waals surface area (Å²) in [5, 5.41) is 2.14. The van der Waals surface area contributed by atoms with Gasteiger partial charge in [-0.05, 0) is 47.5 Å². The third-order valence-electron chi connectivity index (χ3n) is 2.63. The Bertz CT molecular complexity index is 471. The van der Waals surface area contributed by atoms with Gasteiger partial charge in [-0.25, -0.2) is 0 Å². The van der Waals surface area contributed by atoms with Crippen LogP contribution in [-0.4, -0.2) is 0 Å². The molecule has 2 rings (SSSR count). The Hall–Kier alpha value is -1.12. The highest BCUT2D eigenvalue weighted by molar-refractivity contribution is 7.13. The number of hydrogen-bond acceptors (Lipinski definition) is 2. The van der Waals surface area contributed by atoms with Crippen molar-refractivity contribution in [3.63, 3.8) is 0 Å². The molecule has 2 N–H and O–H groups in total. The topological polar surface area (TPSA) is 26.0 Å². The molecule has 0 amide bonds. The average Bonchev–Trinajstić information content (AvgIpc) is 2.64. The highest BCUT2D eigenvalue weighted by atomic mass is 32.1. The Labute approximate surface area is 94.6 Å². The molecule has 15 heavy (non-hydrogen) atoms. The molecule has 2 aromatic rings. The van der Waals surface area contributed by atoms with Gasteiger partial charge >= 0.3 is 0 Å². The largest absolute Gasteiger partial charge is 0.326 e. The van der Waals surface area contributed by atoms with Crippen LogP contribution in [0.5, 0.6) is 0 Å². The van der Waals surface area contributed by atoms with Gasteiger partial charge in [0, 0.05) is 11.4 Å². The van der Waals surface area contributed by atoms with Gasteiger partial charge in [-0.3, -0.25) is 0 Å². The molecular weight excluding hydrogens is 202 g/mol. The minimum absolute atomic E-state index is 0.616. The molecule has 0 bridgehead atoms. The fourth-order valence-electron chi connectivity index (χ4n) is 1.76. The van der Waals surface area contributed by atoms with Crippen LogP contribution in [0.25, 0.3) is 10.4 Å². The fourth-order valence-corrected chi connectivity index (χ4v) is 2.77. The number of thiophene rings is 1. The van der Waals surface area contributed by atoms with Crippen molar-refractivity contribution in [3.8, 4) is 10.4 Å². The summed E-state index contributed by atoms with van der Waals surface area (Å²) < 4.78 is 0. The first-order valence-electron chi connectivity index (χ1n) is 5.06. The van der Waals surface area contributed by atoms with E-state index in [1.165, 1.54) is 27.1 Å². The van der Waals surface area contributed by atoms with Gasteiger partial charge in [-0.1, -0.05) is 18.2 Å². The molecule has 0 aliphatic rings. The zero-order chi connectivity index (χ0) is 10.8. The van der Waals surface area contributed by atoms with Crippen LogP contribution in [0, 0.1) is 13.8 Å². The van der Waals surface area contributed by atoms with E-state index in [1.54, 1.807) is 11.3 Å². The number of hydrogen-bond donors (Lipinski definition) is 1. The molecule has 0 saturated carbocycles. The number of rotatable bonds is 2. The van der Waals surface area contributed by atoms with Crippen molar-refractivity contribution in [1.82, 2.24) is 0 Å². The van der Waals surface area contributed by atoms with E-state index in [2.05, 4.69) is 43.5 Å². The molecule has 0 radical (unpaired) electrons. The molecule has 0 spiro atoms. The number of aryl methyl sites for hydroxylation is 2. The minimum atomic E-state index is 0.616. The van der Waals surface area contributed by atoms with Crippen molar-refractivity contribution in [1.29, 1.82) is 0 Å². The Balaban J connectivity index is 2.50. The molecule has 0 unspecified atom stereocenters. The van der Waals surface area contributed by atoms with Crippen molar-refractivity contribution < 1.29 is 0 Å². The Morgan fingerprint density at radius 3 is 2.47 bits per heavy atom. The second kappa shape index (κ2) is 4.17. The van der Waals surface area contributed by atoms with Crippen LogP contribution < -0.4 is 5.73 Å². The standard InChI is InChI=1S/C13H15NS/c1-9-5-6-15-13(9)12-4-3-11(8-14)7-10(12)2/h3-7H,8,14H2,1-2H3. The van der Waals surface area contributed by atoms with Crippen LogP contribution >= 0.6 is 11.3 Å². The molecule has 0 aliphatic heterocycles. The summed E-state index contributed by atoms with van der Waals surface area (Å²) in [5.41, 5.74) is 10.8. The van der Waals surface area contributed by atoms with Gasteiger partial charge in [0.2, 0.25) is 0 Å². The fraction of sp³-hybridized carbons (Fsp3) is 0.231. The third-order valence-corrected chi connectivity index (χ3v) is 3.68. The quantitative estimate of drug-likeness (QED) is 0.818. The van der Waals surface area contributed by atoms with Gasteiger partial charge in [-0.2, -0.15) is 0 Å². The zero-order valence-corrected chi connectivity index (χ0v) is 9.90. The molecule has 0 fully saturated rings. The van der Waals surface area contributed by atoms with Crippen LogP contribution in [0.3, 0.4) is 0 Å². The van der Waals surface area contributed by atoms with Gasteiger partial charge in [0.25, 0.3) is 0 Å². The van der Waals surface area contributed by atoms with E-state index in [0.29, 0.717) is 6.54 Å². The first-order valence-corrected chi connectivity index (χ1v) is 5.94. The highest BCUT2D eigenvalue weighted by Crippen LogP contribution is 2.31. The van der Waals surface area contributed by atoms with Gasteiger partial charge < -0.3 is 5.73 Å². The maximum absolute atomic E-state index is 5.62. The van der Waals surface area contributed by atoms with E-state index in [0.717, 1.165) is 0 Å². The SMILES string of the molecule is Cc1cc(CN)ccc1-c1sccc1C. The van der Waals surface area contributed by atoms with E-state index in [4.69, 9.17) is 5.73 Å². The highest BCUT2D eigenvalue weighted by Gasteiger charge is 2.06. The van der Waals surface area contributed by atoms with Crippen molar-refractivity contribution in [2.45, 2.75) is 20.4 Å². The maximum atomic E-state index is 5.62. The lowest BCUT2D eigenvalue weighted by molar-refractivity contribution is 1.07. The Morgan fingerprint density at radius 2 is 1.93 bits per heavy atom. The first kappa shape index (κ1) is 10.4. The lowest BCUT2D eigenvalue weighted by Crippen LogP contribution is -1.96. The summed E-state index contributed by atoms with van der Waals surface area (Å²) in [4.78, 5) is 1.37. The summed E-state index contributed by atoms with van der Waals surface area (Å²) in [5.74, 6) is 0. The molecule has 0 atom stereocenters. The number of benzene rings is 1. The molecule has 0 aliphatic carbocycles. The lowest BCUT2D eigenvalue weighted by atomic mass is 10.0. The van der Waals surface area contributed by atoms with E-state index in [1.807, 2.05) is 0 Å². The minimum Gasteiger partial charge on any atom is -0.326 e. The smallest absolute Gasteiger partial charge is 0.0374 e. The molecule has 2 heteroatoms. The summed E-state index contributed by atoms with van der Waals surface area (Å²) >= 11 is 1.80. The van der Waals surface area contributed by atoms with E-state index < -0.39 is 0 Å². The Kier molecular flexibility index (Phi) is 2.89. The zero-order valence-electron chi connectivity index (χ0n) is 9.08. The molecule has 1 aromatic carbocycles. The number of nitrogens with two attached hydrogens (primary N) is 1. The normalized spacial score (nSPS) is 10.6. The summed E-state index contributed by atoms with van der Waals surface area (Å²) in [6, 6.07) is 8.63. The van der Waals surface area contributed by atoms with Crippen LogP contribution in [0.2, 0.25) is 0 Å². The second-order valence-corrected chi connectivity index (χ2v) is 4.70. The van der Waals surface area contributed by atoms with Crippen LogP contribution in [0.4, 0.5) is 0 Å². The lowest BCUT2D eigenvalue weighted by Gasteiger charge is -2.07. The predicted octanol–water partition coefficient (Wildman–Crippen LogP) is 3.49. The van der Waals surface area contributed by atoms with Crippen LogP contribution in [-0.2, 0) is 6.54 Å². The van der Waals surface area contributed by atoms with Crippen molar-refractivity contribution >= 4 is 11.3 Å². The van der Waals surface area contributed by atoms with Crippen molar-refractivity contribution in [2.24, 2.45) is 5.73 Å².